The zero-order valence-corrected chi connectivity index (χ0v) is 17.0. The number of amides is 3. The Kier molecular flexibility index (Phi) is 5.56. The molecule has 0 saturated carbocycles. The first-order valence-electron chi connectivity index (χ1n) is 8.76. The van der Waals surface area contributed by atoms with Gasteiger partial charge in [0.2, 0.25) is 6.79 Å². The number of fused-ring (bicyclic) bond motifs is 1. The minimum absolute atomic E-state index is 0.00268. The van der Waals surface area contributed by atoms with Crippen LogP contribution in [0.4, 0.5) is 4.79 Å². The van der Waals surface area contributed by atoms with Crippen LogP contribution in [0.3, 0.4) is 0 Å². The van der Waals surface area contributed by atoms with Crippen LogP contribution in [0.2, 0.25) is 5.02 Å². The van der Waals surface area contributed by atoms with Crippen molar-refractivity contribution in [3.8, 4) is 17.2 Å². The van der Waals surface area contributed by atoms with Crippen molar-refractivity contribution in [2.75, 3.05) is 13.4 Å². The third-order valence-corrected chi connectivity index (χ3v) is 5.58. The maximum atomic E-state index is 12.8. The molecule has 8 nitrogen and oxygen atoms in total. The van der Waals surface area contributed by atoms with E-state index in [1.165, 1.54) is 0 Å². The number of carbonyl (C=O) groups is 3. The van der Waals surface area contributed by atoms with E-state index >= 15 is 0 Å². The zero-order chi connectivity index (χ0) is 21.3. The van der Waals surface area contributed by atoms with E-state index < -0.39 is 17.1 Å². The Morgan fingerprint density at radius 3 is 2.73 bits per heavy atom. The fourth-order valence-electron chi connectivity index (χ4n) is 2.91. The van der Waals surface area contributed by atoms with Crippen molar-refractivity contribution in [3.63, 3.8) is 0 Å². The van der Waals surface area contributed by atoms with Crippen LogP contribution in [-0.4, -0.2) is 35.4 Å². The lowest BCUT2D eigenvalue weighted by Gasteiger charge is -2.14. The lowest BCUT2D eigenvalue weighted by Crippen LogP contribution is -2.27. The van der Waals surface area contributed by atoms with Gasteiger partial charge in [-0.1, -0.05) is 29.8 Å². The molecule has 0 atom stereocenters. The number of nitrogens with zero attached hydrogens (tertiary/aromatic N) is 1. The average molecular weight is 447 g/mol. The van der Waals surface area contributed by atoms with Crippen molar-refractivity contribution < 1.29 is 28.6 Å². The predicted octanol–water partition coefficient (Wildman–Crippen LogP) is 3.17. The first kappa shape index (κ1) is 20.1. The quantitative estimate of drug-likeness (QED) is 0.679. The lowest BCUT2D eigenvalue weighted by molar-refractivity contribution is -0.123. The fraction of sp³-hybridized carbons (Fsp3) is 0.150. The molecule has 2 heterocycles. The zero-order valence-electron chi connectivity index (χ0n) is 15.4. The molecule has 2 aliphatic rings. The lowest BCUT2D eigenvalue weighted by atomic mass is 10.1. The van der Waals surface area contributed by atoms with E-state index in [0.29, 0.717) is 33.4 Å². The fourth-order valence-corrected chi connectivity index (χ4v) is 3.95. The molecule has 0 aliphatic carbocycles. The Bertz CT molecular complexity index is 1090. The number of nitrogens with two attached hydrogens (primary N) is 1. The highest BCUT2D eigenvalue weighted by Crippen LogP contribution is 2.39. The summed E-state index contributed by atoms with van der Waals surface area (Å²) in [6, 6.07) is 10.1. The van der Waals surface area contributed by atoms with Gasteiger partial charge in [0.05, 0.1) is 11.4 Å². The summed E-state index contributed by atoms with van der Waals surface area (Å²) in [4.78, 5) is 37.6. The van der Waals surface area contributed by atoms with Gasteiger partial charge in [-0.05, 0) is 35.5 Å². The van der Waals surface area contributed by atoms with Crippen LogP contribution in [0.25, 0.3) is 6.08 Å². The normalized spacial score (nSPS) is 16.4. The van der Waals surface area contributed by atoms with Crippen molar-refractivity contribution >= 4 is 46.5 Å². The number of rotatable bonds is 6. The molecule has 2 aromatic carbocycles. The van der Waals surface area contributed by atoms with E-state index in [1.54, 1.807) is 42.5 Å². The van der Waals surface area contributed by atoms with E-state index in [9.17, 15) is 14.4 Å². The van der Waals surface area contributed by atoms with E-state index in [0.717, 1.165) is 16.7 Å². The van der Waals surface area contributed by atoms with E-state index in [4.69, 9.17) is 31.5 Å². The number of ether oxygens (including phenoxy) is 3. The van der Waals surface area contributed by atoms with Gasteiger partial charge in [-0.2, -0.15) is 0 Å². The highest BCUT2D eigenvalue weighted by molar-refractivity contribution is 8.18. The molecule has 2 aliphatic heterocycles. The second-order valence-electron chi connectivity index (χ2n) is 6.36. The molecule has 0 aromatic heterocycles. The second kappa shape index (κ2) is 8.29. The van der Waals surface area contributed by atoms with E-state index in [1.807, 2.05) is 0 Å². The number of primary amides is 1. The second-order valence-corrected chi connectivity index (χ2v) is 7.76. The summed E-state index contributed by atoms with van der Waals surface area (Å²) in [7, 11) is 0. The molecule has 0 radical (unpaired) electrons. The standard InChI is InChI=1S/C20H15ClN2O6S/c21-13-7-16-15(28-10-29-16)5-12(13)8-23-19(25)17(30-20(23)26)6-11-3-1-2-4-14(11)27-9-18(22)24/h1-7H,8-10H2,(H2,22,24)/b17-6-. The Morgan fingerprint density at radius 1 is 1.23 bits per heavy atom. The summed E-state index contributed by atoms with van der Waals surface area (Å²) >= 11 is 7.08. The Balaban J connectivity index is 1.56. The molecule has 2 N–H and O–H groups in total. The number of hydrogen-bond donors (Lipinski definition) is 1. The summed E-state index contributed by atoms with van der Waals surface area (Å²) in [5.41, 5.74) is 6.23. The van der Waals surface area contributed by atoms with E-state index in [-0.39, 0.29) is 24.8 Å². The number of carbonyl (C=O) groups excluding carboxylic acids is 3. The maximum absolute atomic E-state index is 12.8. The molecule has 1 fully saturated rings. The third kappa shape index (κ3) is 4.07. The molecular weight excluding hydrogens is 432 g/mol. The largest absolute Gasteiger partial charge is 0.483 e. The molecule has 0 bridgehead atoms. The van der Waals surface area contributed by atoms with Crippen molar-refractivity contribution in [2.24, 2.45) is 5.73 Å². The van der Waals surface area contributed by atoms with Gasteiger partial charge in [-0.15, -0.1) is 0 Å². The molecule has 3 amide bonds. The van der Waals surface area contributed by atoms with Crippen LogP contribution in [0, 0.1) is 0 Å². The van der Waals surface area contributed by atoms with Crippen molar-refractivity contribution in [3.05, 3.63) is 57.5 Å². The van der Waals surface area contributed by atoms with Crippen LogP contribution >= 0.6 is 23.4 Å². The van der Waals surface area contributed by atoms with Gasteiger partial charge in [-0.3, -0.25) is 19.3 Å². The maximum Gasteiger partial charge on any atom is 0.293 e. The summed E-state index contributed by atoms with van der Waals surface area (Å²) in [6.45, 7) is -0.205. The number of halogens is 1. The van der Waals surface area contributed by atoms with Gasteiger partial charge in [0.25, 0.3) is 17.1 Å². The Hall–Kier alpha value is -3.17. The molecule has 154 valence electrons. The molecule has 30 heavy (non-hydrogen) atoms. The highest BCUT2D eigenvalue weighted by Gasteiger charge is 2.36. The number of para-hydroxylation sites is 1. The summed E-state index contributed by atoms with van der Waals surface area (Å²) in [5.74, 6) is 0.332. The minimum atomic E-state index is -0.620. The summed E-state index contributed by atoms with van der Waals surface area (Å²) in [5, 5.41) is -0.0528. The topological polar surface area (TPSA) is 108 Å². The van der Waals surface area contributed by atoms with Gasteiger partial charge in [0.15, 0.2) is 18.1 Å². The van der Waals surface area contributed by atoms with Crippen LogP contribution in [0.15, 0.2) is 41.3 Å². The van der Waals surface area contributed by atoms with Crippen LogP contribution in [0.1, 0.15) is 11.1 Å². The van der Waals surface area contributed by atoms with Gasteiger partial charge < -0.3 is 19.9 Å². The van der Waals surface area contributed by atoms with Crippen molar-refractivity contribution in [1.82, 2.24) is 4.90 Å². The van der Waals surface area contributed by atoms with Crippen LogP contribution < -0.4 is 19.9 Å². The van der Waals surface area contributed by atoms with Crippen molar-refractivity contribution in [1.29, 1.82) is 0 Å². The number of benzene rings is 2. The Labute approximate surface area is 180 Å². The molecule has 4 rings (SSSR count). The first-order valence-corrected chi connectivity index (χ1v) is 9.95. The third-order valence-electron chi connectivity index (χ3n) is 4.32. The SMILES string of the molecule is NC(=O)COc1ccccc1/C=C1\SC(=O)N(Cc2cc3c(cc2Cl)OCO3)C1=O. The van der Waals surface area contributed by atoms with Gasteiger partial charge >= 0.3 is 0 Å². The molecular formula is C20H15ClN2O6S. The smallest absolute Gasteiger partial charge is 0.293 e. The Morgan fingerprint density at radius 2 is 1.97 bits per heavy atom. The van der Waals surface area contributed by atoms with Crippen LogP contribution in [0.5, 0.6) is 17.2 Å². The first-order chi connectivity index (χ1) is 14.4. The van der Waals surface area contributed by atoms with Gasteiger partial charge in [0.1, 0.15) is 5.75 Å². The van der Waals surface area contributed by atoms with Crippen molar-refractivity contribution in [2.45, 2.75) is 6.54 Å². The van der Waals surface area contributed by atoms with Gasteiger partial charge in [0, 0.05) is 16.7 Å². The number of thioether (sulfide) groups is 1. The minimum Gasteiger partial charge on any atom is -0.483 e. The summed E-state index contributed by atoms with van der Waals surface area (Å²) in [6.07, 6.45) is 1.54. The molecule has 1 saturated heterocycles. The number of hydrogen-bond acceptors (Lipinski definition) is 7. The number of imide groups is 1. The van der Waals surface area contributed by atoms with Gasteiger partial charge in [-0.25, -0.2) is 0 Å². The van der Waals surface area contributed by atoms with E-state index in [2.05, 4.69) is 0 Å². The predicted molar refractivity (Wildman–Crippen MR) is 110 cm³/mol. The summed E-state index contributed by atoms with van der Waals surface area (Å²) < 4.78 is 16.0. The van der Waals surface area contributed by atoms with Crippen LogP contribution in [-0.2, 0) is 16.1 Å². The molecule has 0 unspecified atom stereocenters. The average Bonchev–Trinajstić information content (AvgIpc) is 3.26. The highest BCUT2D eigenvalue weighted by atomic mass is 35.5. The molecule has 10 heteroatoms. The molecule has 2 aromatic rings. The monoisotopic (exact) mass is 446 g/mol. The molecule has 0 spiro atoms.